The van der Waals surface area contributed by atoms with E-state index in [2.05, 4.69) is 9.80 Å². The van der Waals surface area contributed by atoms with Crippen molar-refractivity contribution < 1.29 is 53.1 Å². The summed E-state index contributed by atoms with van der Waals surface area (Å²) >= 11 is 6.46. The van der Waals surface area contributed by atoms with E-state index in [0.717, 1.165) is 30.8 Å². The second-order valence-electron chi connectivity index (χ2n) is 12.6. The number of hydrogen-bond acceptors (Lipinski definition) is 13. The van der Waals surface area contributed by atoms with Gasteiger partial charge in [0.05, 0.1) is 0 Å². The highest BCUT2D eigenvalue weighted by Gasteiger charge is 2.43. The molecule has 0 radical (unpaired) electrons. The zero-order chi connectivity index (χ0) is 42.2. The van der Waals surface area contributed by atoms with E-state index >= 15 is 0 Å². The van der Waals surface area contributed by atoms with E-state index < -0.39 is 35.2 Å². The van der Waals surface area contributed by atoms with Crippen molar-refractivity contribution in [1.82, 2.24) is 9.80 Å². The first-order valence-electron chi connectivity index (χ1n) is 21.7. The molecule has 19 heteroatoms. The Bertz CT molecular complexity index is 754. The maximum Gasteiger partial charge on any atom is 0.500 e. The molecule has 0 fully saturated rings. The molecule has 0 heterocycles. The minimum absolute atomic E-state index is 0.535. The topological polar surface area (TPSA) is 117 Å². The van der Waals surface area contributed by atoms with E-state index in [1.165, 1.54) is 0 Å². The quantitative estimate of drug-likeness (QED) is 0.0443. The minimum Gasteiger partial charge on any atom is -0.374 e. The van der Waals surface area contributed by atoms with Gasteiger partial charge in [-0.25, -0.2) is 0 Å². The fraction of sp³-hybridized carbons (Fsp3) is 0.973. The highest BCUT2D eigenvalue weighted by atomic mass is 32.1. The van der Waals surface area contributed by atoms with Gasteiger partial charge in [-0.05, 0) is 121 Å². The van der Waals surface area contributed by atoms with Crippen LogP contribution in [0.3, 0.4) is 0 Å². The van der Waals surface area contributed by atoms with Gasteiger partial charge in [-0.1, -0.05) is 0 Å². The molecule has 0 aliphatic carbocycles. The fourth-order valence-corrected chi connectivity index (χ4v) is 17.5. The Labute approximate surface area is 352 Å². The second-order valence-corrected chi connectivity index (χ2v) is 23.9. The van der Waals surface area contributed by atoms with Gasteiger partial charge in [0, 0.05) is 130 Å². The van der Waals surface area contributed by atoms with Crippen molar-refractivity contribution in [3.05, 3.63) is 0 Å². The molecule has 0 aliphatic heterocycles. The van der Waals surface area contributed by atoms with Gasteiger partial charge in [0.15, 0.2) is 5.11 Å². The number of nitrogens with zero attached hydrogens (tertiary/aromatic N) is 2. The lowest BCUT2D eigenvalue weighted by atomic mass is 10.3. The summed E-state index contributed by atoms with van der Waals surface area (Å²) in [7, 11) is -11.4. The van der Waals surface area contributed by atoms with Crippen LogP contribution < -0.4 is 0 Å². The molecular weight excluding hydrogens is 809 g/mol. The molecular formula is C37H84N2O12SSi4. The Kier molecular flexibility index (Phi) is 33.8. The Hall–Kier alpha value is 0.0775. The van der Waals surface area contributed by atoms with Crippen molar-refractivity contribution in [1.29, 1.82) is 0 Å². The summed E-state index contributed by atoms with van der Waals surface area (Å²) in [4.78, 5) is 4.63. The van der Waals surface area contributed by atoms with Crippen LogP contribution >= 0.6 is 12.2 Å². The predicted molar refractivity (Wildman–Crippen MR) is 236 cm³/mol. The van der Waals surface area contributed by atoms with Gasteiger partial charge in [-0.2, -0.15) is 0 Å². The van der Waals surface area contributed by atoms with Crippen LogP contribution in [-0.4, -0.2) is 156 Å². The van der Waals surface area contributed by atoms with Gasteiger partial charge < -0.3 is 62.9 Å². The van der Waals surface area contributed by atoms with Crippen LogP contribution in [0.25, 0.3) is 0 Å². The number of thiocarbonyl (C=S) groups is 1. The fourth-order valence-electron chi connectivity index (χ4n) is 6.76. The Morgan fingerprint density at radius 3 is 0.571 bits per heavy atom. The molecule has 56 heavy (non-hydrogen) atoms. The lowest BCUT2D eigenvalue weighted by Gasteiger charge is -2.37. The Balaban J connectivity index is 6.72. The molecule has 336 valence electrons. The third-order valence-corrected chi connectivity index (χ3v) is 21.7. The van der Waals surface area contributed by atoms with E-state index in [0.29, 0.717) is 130 Å². The van der Waals surface area contributed by atoms with Crippen LogP contribution in [0, 0.1) is 0 Å². The van der Waals surface area contributed by atoms with Crippen molar-refractivity contribution in [2.75, 3.05) is 105 Å². The summed E-state index contributed by atoms with van der Waals surface area (Å²) < 4.78 is 74.7. The van der Waals surface area contributed by atoms with E-state index in [1.54, 1.807) is 0 Å². The molecule has 0 spiro atoms. The molecule has 0 amide bonds. The van der Waals surface area contributed by atoms with Crippen LogP contribution in [0.4, 0.5) is 0 Å². The van der Waals surface area contributed by atoms with Gasteiger partial charge in [0.1, 0.15) is 0 Å². The minimum atomic E-state index is -2.86. The normalized spacial score (nSPS) is 12.8. The molecule has 0 bridgehead atoms. The van der Waals surface area contributed by atoms with E-state index in [4.69, 9.17) is 65.3 Å². The molecule has 0 aliphatic rings. The zero-order valence-corrected chi connectivity index (χ0v) is 42.5. The SMILES string of the molecule is CCO[Si](CCCN(CCC[Si](OCC)(OCC)OCC)C(=S)N(CCC[Si](OCC)(OCC)OCC)CCC[Si](OCC)(OCC)OCC)(OCC)OCC. The summed E-state index contributed by atoms with van der Waals surface area (Å²) in [6.45, 7) is 33.1. The lowest BCUT2D eigenvalue weighted by Crippen LogP contribution is -2.50. The maximum atomic E-state index is 6.46. The molecule has 14 nitrogen and oxygen atoms in total. The molecule has 0 N–H and O–H groups in total. The van der Waals surface area contributed by atoms with Gasteiger partial charge >= 0.3 is 35.2 Å². The second kappa shape index (κ2) is 33.8. The summed E-state index contributed by atoms with van der Waals surface area (Å²) in [5.74, 6) is 0. The highest BCUT2D eigenvalue weighted by molar-refractivity contribution is 7.80. The maximum absolute atomic E-state index is 6.46. The molecule has 0 saturated heterocycles. The Morgan fingerprint density at radius 2 is 0.446 bits per heavy atom. The summed E-state index contributed by atoms with van der Waals surface area (Å²) in [5, 5.41) is 0.783. The van der Waals surface area contributed by atoms with Crippen LogP contribution in [-0.2, 0) is 53.1 Å². The first-order valence-corrected chi connectivity index (χ1v) is 29.9. The summed E-state index contributed by atoms with van der Waals surface area (Å²) in [5.41, 5.74) is 0. The van der Waals surface area contributed by atoms with E-state index in [-0.39, 0.29) is 0 Å². The van der Waals surface area contributed by atoms with Gasteiger partial charge in [0.25, 0.3) is 0 Å². The zero-order valence-electron chi connectivity index (χ0n) is 37.7. The van der Waals surface area contributed by atoms with Gasteiger partial charge in [-0.15, -0.1) is 0 Å². The summed E-state index contributed by atoms with van der Waals surface area (Å²) in [6, 6.07) is 2.75. The molecule has 0 atom stereocenters. The molecule has 0 rings (SSSR count). The molecule has 0 unspecified atom stereocenters. The van der Waals surface area contributed by atoms with Crippen molar-refractivity contribution in [2.45, 2.75) is 133 Å². The molecule has 0 aromatic heterocycles. The van der Waals surface area contributed by atoms with E-state index in [1.807, 2.05) is 83.1 Å². The highest BCUT2D eigenvalue weighted by Crippen LogP contribution is 2.24. The Morgan fingerprint density at radius 1 is 0.304 bits per heavy atom. The van der Waals surface area contributed by atoms with Crippen molar-refractivity contribution in [2.24, 2.45) is 0 Å². The van der Waals surface area contributed by atoms with Crippen LogP contribution in [0.15, 0.2) is 0 Å². The predicted octanol–water partition coefficient (Wildman–Crippen LogP) is 7.63. The smallest absolute Gasteiger partial charge is 0.374 e. The first kappa shape index (κ1) is 56.1. The number of hydrogen-bond donors (Lipinski definition) is 0. The molecule has 0 saturated carbocycles. The van der Waals surface area contributed by atoms with Gasteiger partial charge in [0.2, 0.25) is 0 Å². The third-order valence-electron chi connectivity index (χ3n) is 8.56. The van der Waals surface area contributed by atoms with Crippen LogP contribution in [0.1, 0.15) is 109 Å². The van der Waals surface area contributed by atoms with E-state index in [9.17, 15) is 0 Å². The first-order chi connectivity index (χ1) is 27.0. The average molecular weight is 893 g/mol. The van der Waals surface area contributed by atoms with Crippen molar-refractivity contribution >= 4 is 52.5 Å². The van der Waals surface area contributed by atoms with Crippen molar-refractivity contribution in [3.63, 3.8) is 0 Å². The molecule has 0 aromatic rings. The van der Waals surface area contributed by atoms with Gasteiger partial charge in [-0.3, -0.25) is 0 Å². The van der Waals surface area contributed by atoms with Crippen LogP contribution in [0.5, 0.6) is 0 Å². The standard InChI is InChI=1S/C37H84N2O12SSi4/c1-13-40-53(41-14-2,42-15-3)33-25-29-38(30-26-34-54(43-16-4,44-17-5)45-18-6)37(52)39(31-27-35-55(46-19-7,47-20-8)48-21-9)32-28-36-56(49-22-10,50-23-11)51-24-12/h13-36H2,1-12H3. The molecule has 0 aromatic carbocycles. The van der Waals surface area contributed by atoms with Crippen molar-refractivity contribution in [3.8, 4) is 0 Å². The summed E-state index contributed by atoms with van der Waals surface area (Å²) in [6.07, 6.45) is 3.15. The lowest BCUT2D eigenvalue weighted by molar-refractivity contribution is 0.0692. The third kappa shape index (κ3) is 21.6. The van der Waals surface area contributed by atoms with Crippen LogP contribution in [0.2, 0.25) is 24.2 Å². The largest absolute Gasteiger partial charge is 0.500 e. The monoisotopic (exact) mass is 892 g/mol. The number of rotatable bonds is 40. The average Bonchev–Trinajstić information content (AvgIpc) is 3.15.